The van der Waals surface area contributed by atoms with E-state index in [0.29, 0.717) is 0 Å². The van der Waals surface area contributed by atoms with Gasteiger partial charge in [0.1, 0.15) is 0 Å². The van der Waals surface area contributed by atoms with E-state index >= 15 is 0 Å². The summed E-state index contributed by atoms with van der Waals surface area (Å²) in [6.45, 7) is 0.0705. The van der Waals surface area contributed by atoms with Gasteiger partial charge in [0, 0.05) is 11.3 Å². The summed E-state index contributed by atoms with van der Waals surface area (Å²) in [6, 6.07) is 5.65. The first kappa shape index (κ1) is 14.8. The third-order valence-electron chi connectivity index (χ3n) is 4.13. The molecule has 0 atom stereocenters. The number of thioether (sulfide) groups is 1. The van der Waals surface area contributed by atoms with Crippen LogP contribution in [0.2, 0.25) is 0 Å². The van der Waals surface area contributed by atoms with Crippen molar-refractivity contribution in [3.05, 3.63) is 35.4 Å². The van der Waals surface area contributed by atoms with Crippen molar-refractivity contribution < 1.29 is 13.2 Å². The molecule has 1 aliphatic carbocycles. The maximum Gasteiger partial charge on any atom is 0.416 e. The van der Waals surface area contributed by atoms with Gasteiger partial charge in [-0.15, -0.1) is 0 Å². The standard InChI is InChI=1S/C15H17F3N2S/c16-15(17,18)12-6-2-1-5-11(12)9-19-13-20-14(10-21-13)7-3-4-8-14/h1-2,5-6H,3-4,7-10H2,(H,19,20). The van der Waals surface area contributed by atoms with Gasteiger partial charge in [-0.05, 0) is 24.5 Å². The second kappa shape index (κ2) is 5.55. The van der Waals surface area contributed by atoms with Crippen LogP contribution in [-0.4, -0.2) is 16.5 Å². The van der Waals surface area contributed by atoms with E-state index in [0.717, 1.165) is 29.8 Å². The van der Waals surface area contributed by atoms with Crippen molar-refractivity contribution in [1.29, 1.82) is 0 Å². The maximum absolute atomic E-state index is 12.9. The summed E-state index contributed by atoms with van der Waals surface area (Å²) in [7, 11) is 0. The second-order valence-corrected chi connectivity index (χ2v) is 6.64. The van der Waals surface area contributed by atoms with Crippen LogP contribution in [0.5, 0.6) is 0 Å². The van der Waals surface area contributed by atoms with Crippen LogP contribution in [0, 0.1) is 0 Å². The van der Waals surface area contributed by atoms with Gasteiger partial charge in [-0.2, -0.15) is 13.2 Å². The van der Waals surface area contributed by atoms with Gasteiger partial charge in [0.05, 0.1) is 12.1 Å². The minimum absolute atomic E-state index is 0.0705. The Kier molecular flexibility index (Phi) is 3.90. The van der Waals surface area contributed by atoms with E-state index in [1.807, 2.05) is 0 Å². The van der Waals surface area contributed by atoms with E-state index in [1.54, 1.807) is 17.8 Å². The molecule has 1 heterocycles. The van der Waals surface area contributed by atoms with Crippen LogP contribution in [0.4, 0.5) is 13.2 Å². The minimum atomic E-state index is -4.32. The molecule has 0 bridgehead atoms. The molecular weight excluding hydrogens is 297 g/mol. The highest BCUT2D eigenvalue weighted by molar-refractivity contribution is 8.14. The molecule has 1 N–H and O–H groups in total. The molecule has 114 valence electrons. The smallest absolute Gasteiger partial charge is 0.359 e. The summed E-state index contributed by atoms with van der Waals surface area (Å²) in [5, 5.41) is 4.21. The van der Waals surface area contributed by atoms with E-state index in [4.69, 9.17) is 0 Å². The Morgan fingerprint density at radius 3 is 2.62 bits per heavy atom. The molecule has 1 spiro atoms. The van der Waals surface area contributed by atoms with Crippen molar-refractivity contribution in [1.82, 2.24) is 5.32 Å². The van der Waals surface area contributed by atoms with Crippen molar-refractivity contribution >= 4 is 16.9 Å². The summed E-state index contributed by atoms with van der Waals surface area (Å²) < 4.78 is 38.8. The zero-order valence-electron chi connectivity index (χ0n) is 11.5. The molecule has 0 aromatic heterocycles. The Hall–Kier alpha value is -1.17. The number of aliphatic imine (C=N–C) groups is 1. The van der Waals surface area contributed by atoms with Crippen LogP contribution >= 0.6 is 11.8 Å². The number of nitrogens with zero attached hydrogens (tertiary/aromatic N) is 1. The molecule has 6 heteroatoms. The van der Waals surface area contributed by atoms with E-state index in [9.17, 15) is 13.2 Å². The average Bonchev–Trinajstić information content (AvgIpc) is 3.07. The Labute approximate surface area is 126 Å². The first-order valence-corrected chi connectivity index (χ1v) is 8.08. The third-order valence-corrected chi connectivity index (χ3v) is 5.34. The molecule has 1 saturated carbocycles. The quantitative estimate of drug-likeness (QED) is 0.884. The lowest BCUT2D eigenvalue weighted by molar-refractivity contribution is -0.138. The van der Waals surface area contributed by atoms with Crippen LogP contribution in [0.15, 0.2) is 29.3 Å². The number of rotatable bonds is 2. The fourth-order valence-corrected chi connectivity index (χ4v) is 4.22. The fraction of sp³-hybridized carbons (Fsp3) is 0.533. The van der Waals surface area contributed by atoms with Gasteiger partial charge in [-0.25, -0.2) is 0 Å². The number of hydrogen-bond donors (Lipinski definition) is 1. The Balaban J connectivity index is 1.72. The van der Waals surface area contributed by atoms with Crippen molar-refractivity contribution in [3.8, 4) is 0 Å². The number of benzene rings is 1. The van der Waals surface area contributed by atoms with Gasteiger partial charge >= 0.3 is 6.18 Å². The summed E-state index contributed by atoms with van der Waals surface area (Å²) >= 11 is 1.63. The first-order chi connectivity index (χ1) is 9.99. The van der Waals surface area contributed by atoms with Crippen molar-refractivity contribution in [2.75, 3.05) is 5.75 Å². The fourth-order valence-electron chi connectivity index (χ4n) is 3.00. The summed E-state index contributed by atoms with van der Waals surface area (Å²) in [5.74, 6) is 0.979. The number of alkyl halides is 3. The Bertz CT molecular complexity index is 548. The highest BCUT2D eigenvalue weighted by Crippen LogP contribution is 2.38. The van der Waals surface area contributed by atoms with Crippen molar-refractivity contribution in [2.45, 2.75) is 43.9 Å². The van der Waals surface area contributed by atoms with Gasteiger partial charge in [-0.3, -0.25) is 4.99 Å². The zero-order chi connectivity index (χ0) is 14.9. The largest absolute Gasteiger partial charge is 0.416 e. The SMILES string of the molecule is FC(F)(F)c1ccccc1CN=C1NC2(CCCC2)CS1. The van der Waals surface area contributed by atoms with Crippen LogP contribution in [-0.2, 0) is 12.7 Å². The molecule has 1 aliphatic heterocycles. The van der Waals surface area contributed by atoms with Gasteiger partial charge in [0.15, 0.2) is 5.17 Å². The molecular formula is C15H17F3N2S. The lowest BCUT2D eigenvalue weighted by Crippen LogP contribution is -2.40. The Morgan fingerprint density at radius 1 is 1.19 bits per heavy atom. The number of nitrogens with one attached hydrogen (secondary N) is 1. The van der Waals surface area contributed by atoms with Crippen LogP contribution < -0.4 is 5.32 Å². The van der Waals surface area contributed by atoms with E-state index in [-0.39, 0.29) is 17.6 Å². The average molecular weight is 314 g/mol. The normalized spacial score (nSPS) is 22.9. The van der Waals surface area contributed by atoms with Crippen molar-refractivity contribution in [2.24, 2.45) is 4.99 Å². The number of hydrogen-bond acceptors (Lipinski definition) is 2. The third kappa shape index (κ3) is 3.20. The predicted octanol–water partition coefficient (Wildman–Crippen LogP) is 4.21. The molecule has 2 fully saturated rings. The zero-order valence-corrected chi connectivity index (χ0v) is 12.4. The lowest BCUT2D eigenvalue weighted by atomic mass is 10.0. The van der Waals surface area contributed by atoms with Crippen molar-refractivity contribution in [3.63, 3.8) is 0 Å². The number of halogens is 3. The molecule has 1 aromatic rings. The maximum atomic E-state index is 12.9. The van der Waals surface area contributed by atoms with E-state index in [2.05, 4.69) is 10.3 Å². The Morgan fingerprint density at radius 2 is 1.90 bits per heavy atom. The molecule has 3 rings (SSSR count). The van der Waals surface area contributed by atoms with Crippen LogP contribution in [0.25, 0.3) is 0 Å². The van der Waals surface area contributed by atoms with Gasteiger partial charge in [0.2, 0.25) is 0 Å². The minimum Gasteiger partial charge on any atom is -0.359 e. The summed E-state index contributed by atoms with van der Waals surface area (Å²) in [5.41, 5.74) is -0.215. The molecule has 0 radical (unpaired) electrons. The number of amidine groups is 1. The van der Waals surface area contributed by atoms with Gasteiger partial charge < -0.3 is 5.32 Å². The molecule has 2 nitrogen and oxygen atoms in total. The summed E-state index contributed by atoms with van der Waals surface area (Å²) in [6.07, 6.45) is 0.394. The van der Waals surface area contributed by atoms with Crippen LogP contribution in [0.3, 0.4) is 0 Å². The van der Waals surface area contributed by atoms with Crippen LogP contribution in [0.1, 0.15) is 36.8 Å². The van der Waals surface area contributed by atoms with Gasteiger partial charge in [0.25, 0.3) is 0 Å². The van der Waals surface area contributed by atoms with E-state index < -0.39 is 11.7 Å². The summed E-state index contributed by atoms with van der Waals surface area (Å²) in [4.78, 5) is 4.36. The first-order valence-electron chi connectivity index (χ1n) is 7.09. The van der Waals surface area contributed by atoms with E-state index in [1.165, 1.54) is 25.0 Å². The molecule has 21 heavy (non-hydrogen) atoms. The lowest BCUT2D eigenvalue weighted by Gasteiger charge is -2.21. The molecule has 1 saturated heterocycles. The second-order valence-electron chi connectivity index (χ2n) is 5.68. The molecule has 2 aliphatic rings. The molecule has 0 unspecified atom stereocenters. The monoisotopic (exact) mass is 314 g/mol. The van der Waals surface area contributed by atoms with Gasteiger partial charge in [-0.1, -0.05) is 42.8 Å². The highest BCUT2D eigenvalue weighted by atomic mass is 32.2. The molecule has 0 amide bonds. The predicted molar refractivity (Wildman–Crippen MR) is 79.4 cm³/mol. The molecule has 1 aromatic carbocycles. The highest BCUT2D eigenvalue weighted by Gasteiger charge is 2.39. The topological polar surface area (TPSA) is 24.4 Å².